The molecule has 0 saturated carbocycles. The third kappa shape index (κ3) is 2.23. The van der Waals surface area contributed by atoms with Gasteiger partial charge in [0.05, 0.1) is 6.61 Å². The summed E-state index contributed by atoms with van der Waals surface area (Å²) < 4.78 is 5.45. The van der Waals surface area contributed by atoms with E-state index in [2.05, 4.69) is 10.6 Å². The molecule has 0 unspecified atom stereocenters. The first-order valence-electron chi connectivity index (χ1n) is 7.76. The summed E-state index contributed by atoms with van der Waals surface area (Å²) in [5.74, 6) is 0.521. The fraction of sp³-hybridized carbons (Fsp3) is 0.438. The number of piperidine rings is 1. The predicted octanol–water partition coefficient (Wildman–Crippen LogP) is 0.436. The number of urea groups is 1. The second-order valence-electron chi connectivity index (χ2n) is 6.20. The molecule has 2 fully saturated rings. The van der Waals surface area contributed by atoms with Crippen molar-refractivity contribution in [3.8, 4) is 5.75 Å². The number of nitrogens with one attached hydrogen (secondary N) is 2. The van der Waals surface area contributed by atoms with Gasteiger partial charge in [-0.15, -0.1) is 0 Å². The van der Waals surface area contributed by atoms with Crippen LogP contribution in [-0.2, 0) is 11.2 Å². The molecule has 0 atom stereocenters. The number of carbonyl (C=O) groups excluding carboxylic acids is 3. The molecular formula is C16H17N3O4. The first-order valence-corrected chi connectivity index (χ1v) is 7.76. The van der Waals surface area contributed by atoms with Crippen molar-refractivity contribution in [2.45, 2.75) is 24.8 Å². The standard InChI is InChI=1S/C16H17N3O4/c20-13(11-1-2-12-10(9-11)3-8-23-12)19-6-4-16(5-7-19)14(21)17-15(22)18-16/h1-2,9H,3-8H2,(H2,17,18,21,22). The van der Waals surface area contributed by atoms with E-state index < -0.39 is 11.6 Å². The molecule has 1 aromatic rings. The second-order valence-corrected chi connectivity index (χ2v) is 6.20. The Morgan fingerprint density at radius 1 is 1.22 bits per heavy atom. The molecular weight excluding hydrogens is 298 g/mol. The number of ether oxygens (including phenoxy) is 1. The van der Waals surface area contributed by atoms with Crippen LogP contribution in [0.4, 0.5) is 4.79 Å². The van der Waals surface area contributed by atoms with Gasteiger partial charge in [-0.25, -0.2) is 4.79 Å². The Balaban J connectivity index is 1.47. The molecule has 23 heavy (non-hydrogen) atoms. The maximum absolute atomic E-state index is 12.6. The number of nitrogens with zero attached hydrogens (tertiary/aromatic N) is 1. The van der Waals surface area contributed by atoms with Crippen molar-refractivity contribution < 1.29 is 19.1 Å². The highest BCUT2D eigenvalue weighted by Gasteiger charge is 2.48. The molecule has 2 saturated heterocycles. The van der Waals surface area contributed by atoms with Gasteiger partial charge in [0.2, 0.25) is 0 Å². The van der Waals surface area contributed by atoms with Crippen LogP contribution in [0.25, 0.3) is 0 Å². The summed E-state index contributed by atoms with van der Waals surface area (Å²) in [5, 5.41) is 4.97. The van der Waals surface area contributed by atoms with Gasteiger partial charge in [0.1, 0.15) is 11.3 Å². The van der Waals surface area contributed by atoms with E-state index in [-0.39, 0.29) is 11.8 Å². The Labute approximate surface area is 133 Å². The molecule has 3 aliphatic heterocycles. The lowest BCUT2D eigenvalue weighted by Gasteiger charge is -2.37. The van der Waals surface area contributed by atoms with Crippen LogP contribution in [-0.4, -0.2) is 48.0 Å². The lowest BCUT2D eigenvalue weighted by Crippen LogP contribution is -2.55. The van der Waals surface area contributed by atoms with E-state index in [0.717, 1.165) is 17.7 Å². The number of hydrogen-bond donors (Lipinski definition) is 2. The highest BCUT2D eigenvalue weighted by molar-refractivity contribution is 6.07. The number of benzene rings is 1. The molecule has 2 N–H and O–H groups in total. The third-order valence-corrected chi connectivity index (χ3v) is 4.86. The highest BCUT2D eigenvalue weighted by atomic mass is 16.5. The van der Waals surface area contributed by atoms with Gasteiger partial charge in [0, 0.05) is 25.1 Å². The van der Waals surface area contributed by atoms with Crippen molar-refractivity contribution >= 4 is 17.8 Å². The SMILES string of the molecule is O=C1NC(=O)C2(CCN(C(=O)c3ccc4c(c3)CCO4)CC2)N1. The average molecular weight is 315 g/mol. The molecule has 7 heteroatoms. The molecule has 0 bridgehead atoms. The Morgan fingerprint density at radius 2 is 2.00 bits per heavy atom. The molecule has 0 radical (unpaired) electrons. The van der Waals surface area contributed by atoms with Gasteiger partial charge in [-0.3, -0.25) is 14.9 Å². The number of fused-ring (bicyclic) bond motifs is 1. The molecule has 3 aliphatic rings. The topological polar surface area (TPSA) is 87.7 Å². The fourth-order valence-electron chi connectivity index (χ4n) is 3.47. The first-order chi connectivity index (χ1) is 11.1. The van der Waals surface area contributed by atoms with Crippen molar-refractivity contribution in [3.63, 3.8) is 0 Å². The van der Waals surface area contributed by atoms with E-state index >= 15 is 0 Å². The molecule has 4 rings (SSSR count). The molecule has 120 valence electrons. The van der Waals surface area contributed by atoms with Gasteiger partial charge in [0.25, 0.3) is 11.8 Å². The quantitative estimate of drug-likeness (QED) is 0.736. The fourth-order valence-corrected chi connectivity index (χ4v) is 3.47. The maximum atomic E-state index is 12.6. The lowest BCUT2D eigenvalue weighted by molar-refractivity contribution is -0.125. The Hall–Kier alpha value is -2.57. The van der Waals surface area contributed by atoms with Crippen LogP contribution in [0.15, 0.2) is 18.2 Å². The van der Waals surface area contributed by atoms with Gasteiger partial charge < -0.3 is 15.0 Å². The molecule has 0 aliphatic carbocycles. The minimum Gasteiger partial charge on any atom is -0.493 e. The third-order valence-electron chi connectivity index (χ3n) is 4.86. The Kier molecular flexibility index (Phi) is 3.04. The normalized spacial score (nSPS) is 21.7. The average Bonchev–Trinajstić information content (AvgIpc) is 3.11. The Bertz CT molecular complexity index is 707. The number of imide groups is 1. The zero-order valence-electron chi connectivity index (χ0n) is 12.6. The summed E-state index contributed by atoms with van der Waals surface area (Å²) in [6, 6.07) is 5.06. The van der Waals surface area contributed by atoms with E-state index in [0.29, 0.717) is 38.1 Å². The summed E-state index contributed by atoms with van der Waals surface area (Å²) >= 11 is 0. The molecule has 4 amide bonds. The zero-order chi connectivity index (χ0) is 16.0. The van der Waals surface area contributed by atoms with Crippen LogP contribution < -0.4 is 15.4 Å². The summed E-state index contributed by atoms with van der Waals surface area (Å²) in [6.45, 7) is 1.55. The van der Waals surface area contributed by atoms with Crippen molar-refractivity contribution in [2.75, 3.05) is 19.7 Å². The molecule has 1 spiro atoms. The summed E-state index contributed by atoms with van der Waals surface area (Å²) in [6.07, 6.45) is 1.69. The largest absolute Gasteiger partial charge is 0.493 e. The van der Waals surface area contributed by atoms with Crippen LogP contribution in [0.3, 0.4) is 0 Å². The summed E-state index contributed by atoms with van der Waals surface area (Å²) in [5.41, 5.74) is 0.858. The summed E-state index contributed by atoms with van der Waals surface area (Å²) in [4.78, 5) is 37.6. The van der Waals surface area contributed by atoms with Gasteiger partial charge in [-0.1, -0.05) is 0 Å². The molecule has 3 heterocycles. The van der Waals surface area contributed by atoms with E-state index in [4.69, 9.17) is 4.74 Å². The highest BCUT2D eigenvalue weighted by Crippen LogP contribution is 2.29. The zero-order valence-corrected chi connectivity index (χ0v) is 12.6. The minimum atomic E-state index is -0.848. The van der Waals surface area contributed by atoms with Crippen molar-refractivity contribution in [1.29, 1.82) is 0 Å². The second kappa shape index (κ2) is 4.97. The van der Waals surface area contributed by atoms with Crippen molar-refractivity contribution in [3.05, 3.63) is 29.3 Å². The summed E-state index contributed by atoms with van der Waals surface area (Å²) in [7, 11) is 0. The lowest BCUT2D eigenvalue weighted by atomic mass is 9.87. The van der Waals surface area contributed by atoms with Crippen LogP contribution in [0.2, 0.25) is 0 Å². The van der Waals surface area contributed by atoms with E-state index in [1.54, 1.807) is 11.0 Å². The van der Waals surface area contributed by atoms with Crippen molar-refractivity contribution in [2.24, 2.45) is 0 Å². The minimum absolute atomic E-state index is 0.0423. The number of rotatable bonds is 1. The molecule has 7 nitrogen and oxygen atoms in total. The number of amides is 4. The number of carbonyl (C=O) groups is 3. The van der Waals surface area contributed by atoms with Crippen LogP contribution in [0.1, 0.15) is 28.8 Å². The van der Waals surface area contributed by atoms with Gasteiger partial charge in [-0.05, 0) is 36.6 Å². The van der Waals surface area contributed by atoms with E-state index in [9.17, 15) is 14.4 Å². The van der Waals surface area contributed by atoms with Crippen LogP contribution in [0, 0.1) is 0 Å². The van der Waals surface area contributed by atoms with Gasteiger partial charge >= 0.3 is 6.03 Å². The van der Waals surface area contributed by atoms with Crippen molar-refractivity contribution in [1.82, 2.24) is 15.5 Å². The van der Waals surface area contributed by atoms with E-state index in [1.807, 2.05) is 12.1 Å². The molecule has 0 aromatic heterocycles. The van der Waals surface area contributed by atoms with Crippen LogP contribution in [0.5, 0.6) is 5.75 Å². The maximum Gasteiger partial charge on any atom is 0.322 e. The first kappa shape index (κ1) is 14.0. The Morgan fingerprint density at radius 3 is 2.70 bits per heavy atom. The van der Waals surface area contributed by atoms with Gasteiger partial charge in [0.15, 0.2) is 0 Å². The monoisotopic (exact) mass is 315 g/mol. The predicted molar refractivity (Wildman–Crippen MR) is 80.2 cm³/mol. The van der Waals surface area contributed by atoms with E-state index in [1.165, 1.54) is 0 Å². The number of hydrogen-bond acceptors (Lipinski definition) is 4. The van der Waals surface area contributed by atoms with Crippen LogP contribution >= 0.6 is 0 Å². The van der Waals surface area contributed by atoms with Gasteiger partial charge in [-0.2, -0.15) is 0 Å². The molecule has 1 aromatic carbocycles. The smallest absolute Gasteiger partial charge is 0.322 e. The number of likely N-dealkylation sites (tertiary alicyclic amines) is 1.